The molecule has 1 fully saturated rings. The first-order chi connectivity index (χ1) is 7.86. The van der Waals surface area contributed by atoms with E-state index < -0.39 is 21.0 Å². The van der Waals surface area contributed by atoms with Gasteiger partial charge in [0.1, 0.15) is 5.25 Å². The van der Waals surface area contributed by atoms with Gasteiger partial charge >= 0.3 is 0 Å². The fourth-order valence-corrected chi connectivity index (χ4v) is 2.90. The third-order valence-electron chi connectivity index (χ3n) is 3.45. The van der Waals surface area contributed by atoms with Gasteiger partial charge in [0.05, 0.1) is 0 Å². The first-order valence-electron chi connectivity index (χ1n) is 5.91. The summed E-state index contributed by atoms with van der Waals surface area (Å²) < 4.78 is 22.6. The molecule has 1 saturated carbocycles. The van der Waals surface area contributed by atoms with Gasteiger partial charge in [-0.2, -0.15) is 0 Å². The highest BCUT2D eigenvalue weighted by atomic mass is 35.5. The number of rotatable bonds is 4. The van der Waals surface area contributed by atoms with Gasteiger partial charge in [0, 0.05) is 18.2 Å². The first-order valence-corrected chi connectivity index (χ1v) is 8.40. The molecule has 0 aromatic carbocycles. The summed E-state index contributed by atoms with van der Waals surface area (Å²) in [4.78, 5) is 11.8. The third kappa shape index (κ3) is 4.14. The minimum absolute atomic E-state index is 0.0259. The standard InChI is InChI=1S/C11H20ClNO3S/c1-8(17(2,15)16)11(14)13-10-6-4-3-5-9(10)7-12/h8-10H,3-7H2,1-2H3,(H,13,14). The fourth-order valence-electron chi connectivity index (χ4n) is 2.08. The molecular formula is C11H20ClNO3S. The molecule has 0 radical (unpaired) electrons. The van der Waals surface area contributed by atoms with Gasteiger partial charge < -0.3 is 5.32 Å². The maximum Gasteiger partial charge on any atom is 0.238 e. The van der Waals surface area contributed by atoms with Crippen molar-refractivity contribution < 1.29 is 13.2 Å². The van der Waals surface area contributed by atoms with Crippen LogP contribution in [0, 0.1) is 5.92 Å². The number of sulfone groups is 1. The Morgan fingerprint density at radius 2 is 2.00 bits per heavy atom. The molecule has 1 amide bonds. The summed E-state index contributed by atoms with van der Waals surface area (Å²) in [6.07, 6.45) is 5.16. The Hall–Kier alpha value is -0.290. The lowest BCUT2D eigenvalue weighted by Gasteiger charge is -2.31. The van der Waals surface area contributed by atoms with E-state index in [0.29, 0.717) is 5.88 Å². The quantitative estimate of drug-likeness (QED) is 0.791. The van der Waals surface area contributed by atoms with Crippen molar-refractivity contribution in [3.8, 4) is 0 Å². The number of nitrogens with one attached hydrogen (secondary N) is 1. The van der Waals surface area contributed by atoms with E-state index in [1.165, 1.54) is 6.92 Å². The zero-order valence-electron chi connectivity index (χ0n) is 10.3. The molecule has 100 valence electrons. The van der Waals surface area contributed by atoms with Gasteiger partial charge in [-0.25, -0.2) is 8.42 Å². The van der Waals surface area contributed by atoms with Crippen molar-refractivity contribution in [2.24, 2.45) is 5.92 Å². The molecule has 0 bridgehead atoms. The Morgan fingerprint density at radius 3 is 2.53 bits per heavy atom. The Balaban J connectivity index is 2.61. The monoisotopic (exact) mass is 281 g/mol. The van der Waals surface area contributed by atoms with Crippen molar-refractivity contribution in [2.75, 3.05) is 12.1 Å². The summed E-state index contributed by atoms with van der Waals surface area (Å²) in [5.41, 5.74) is 0. The van der Waals surface area contributed by atoms with Gasteiger partial charge in [-0.3, -0.25) is 4.79 Å². The number of carbonyl (C=O) groups is 1. The number of amides is 1. The Bertz CT molecular complexity index is 369. The Kier molecular flexibility index (Phi) is 5.25. The summed E-state index contributed by atoms with van der Waals surface area (Å²) in [5.74, 6) is 0.369. The van der Waals surface area contributed by atoms with Crippen LogP contribution in [0.5, 0.6) is 0 Å². The number of carbonyl (C=O) groups excluding carboxylic acids is 1. The molecule has 0 heterocycles. The maximum absolute atomic E-state index is 11.8. The zero-order chi connectivity index (χ0) is 13.1. The summed E-state index contributed by atoms with van der Waals surface area (Å²) in [6, 6.07) is 0.0259. The van der Waals surface area contributed by atoms with Crippen LogP contribution in [0.3, 0.4) is 0 Å². The van der Waals surface area contributed by atoms with Crippen molar-refractivity contribution >= 4 is 27.3 Å². The van der Waals surface area contributed by atoms with Crippen LogP contribution >= 0.6 is 11.6 Å². The molecule has 3 unspecified atom stereocenters. The molecule has 0 aliphatic heterocycles. The molecule has 3 atom stereocenters. The van der Waals surface area contributed by atoms with Gasteiger partial charge in [-0.1, -0.05) is 12.8 Å². The summed E-state index contributed by atoms with van der Waals surface area (Å²) in [7, 11) is -3.32. The summed E-state index contributed by atoms with van der Waals surface area (Å²) >= 11 is 5.86. The molecule has 0 saturated heterocycles. The topological polar surface area (TPSA) is 63.2 Å². The van der Waals surface area contributed by atoms with Crippen molar-refractivity contribution in [2.45, 2.75) is 43.9 Å². The molecule has 17 heavy (non-hydrogen) atoms. The number of hydrogen-bond donors (Lipinski definition) is 1. The van der Waals surface area contributed by atoms with Crippen molar-refractivity contribution in [1.82, 2.24) is 5.32 Å². The second-order valence-electron chi connectivity index (χ2n) is 4.79. The largest absolute Gasteiger partial charge is 0.352 e. The van der Waals surface area contributed by atoms with Gasteiger partial charge in [0.25, 0.3) is 0 Å². The van der Waals surface area contributed by atoms with E-state index >= 15 is 0 Å². The van der Waals surface area contributed by atoms with E-state index in [-0.39, 0.29) is 12.0 Å². The van der Waals surface area contributed by atoms with E-state index in [4.69, 9.17) is 11.6 Å². The lowest BCUT2D eigenvalue weighted by atomic mass is 9.86. The van der Waals surface area contributed by atoms with Gasteiger partial charge in [0.2, 0.25) is 5.91 Å². The normalized spacial score (nSPS) is 27.5. The Labute approximate surface area is 108 Å². The fraction of sp³-hybridized carbons (Fsp3) is 0.909. The van der Waals surface area contributed by atoms with Crippen LogP contribution in [0.25, 0.3) is 0 Å². The van der Waals surface area contributed by atoms with E-state index in [9.17, 15) is 13.2 Å². The summed E-state index contributed by atoms with van der Waals surface area (Å²) in [6.45, 7) is 1.42. The molecule has 4 nitrogen and oxygen atoms in total. The van der Waals surface area contributed by atoms with E-state index in [1.54, 1.807) is 0 Å². The first kappa shape index (κ1) is 14.8. The third-order valence-corrected chi connectivity index (χ3v) is 5.34. The highest BCUT2D eigenvalue weighted by molar-refractivity contribution is 7.92. The van der Waals surface area contributed by atoms with Crippen LogP contribution in [0.4, 0.5) is 0 Å². The molecule has 0 aromatic heterocycles. The second kappa shape index (κ2) is 6.05. The zero-order valence-corrected chi connectivity index (χ0v) is 11.9. The van der Waals surface area contributed by atoms with E-state index in [2.05, 4.69) is 5.32 Å². The predicted octanol–water partition coefficient (Wildman–Crippen LogP) is 1.33. The average molecular weight is 282 g/mol. The van der Waals surface area contributed by atoms with E-state index in [0.717, 1.165) is 31.9 Å². The second-order valence-corrected chi connectivity index (χ2v) is 7.46. The van der Waals surface area contributed by atoms with Crippen LogP contribution in [0.15, 0.2) is 0 Å². The molecule has 1 aliphatic rings. The lowest BCUT2D eigenvalue weighted by molar-refractivity contribution is -0.121. The number of halogens is 1. The van der Waals surface area contributed by atoms with Gasteiger partial charge in [-0.05, 0) is 25.7 Å². The van der Waals surface area contributed by atoms with Crippen LogP contribution in [0.2, 0.25) is 0 Å². The van der Waals surface area contributed by atoms with Crippen LogP contribution < -0.4 is 5.32 Å². The molecule has 1 aliphatic carbocycles. The highest BCUT2D eigenvalue weighted by Crippen LogP contribution is 2.25. The molecule has 0 spiro atoms. The van der Waals surface area contributed by atoms with Crippen molar-refractivity contribution in [3.63, 3.8) is 0 Å². The van der Waals surface area contributed by atoms with Crippen LogP contribution in [-0.4, -0.2) is 37.8 Å². The molecule has 1 N–H and O–H groups in total. The summed E-state index contributed by atoms with van der Waals surface area (Å²) in [5, 5.41) is 1.84. The lowest BCUT2D eigenvalue weighted by Crippen LogP contribution is -2.47. The predicted molar refractivity (Wildman–Crippen MR) is 68.9 cm³/mol. The Morgan fingerprint density at radius 1 is 1.41 bits per heavy atom. The van der Waals surface area contributed by atoms with Crippen molar-refractivity contribution in [1.29, 1.82) is 0 Å². The van der Waals surface area contributed by atoms with Crippen molar-refractivity contribution in [3.05, 3.63) is 0 Å². The molecular weight excluding hydrogens is 262 g/mol. The van der Waals surface area contributed by atoms with Crippen LogP contribution in [-0.2, 0) is 14.6 Å². The minimum atomic E-state index is -3.32. The van der Waals surface area contributed by atoms with Gasteiger partial charge in [0.15, 0.2) is 9.84 Å². The number of hydrogen-bond acceptors (Lipinski definition) is 3. The number of alkyl halides is 1. The van der Waals surface area contributed by atoms with Gasteiger partial charge in [-0.15, -0.1) is 11.6 Å². The maximum atomic E-state index is 11.8. The SMILES string of the molecule is CC(C(=O)NC1CCCCC1CCl)S(C)(=O)=O. The van der Waals surface area contributed by atoms with Crippen LogP contribution in [0.1, 0.15) is 32.6 Å². The smallest absolute Gasteiger partial charge is 0.238 e. The molecule has 0 aromatic rings. The van der Waals surface area contributed by atoms with E-state index in [1.807, 2.05) is 0 Å². The minimum Gasteiger partial charge on any atom is -0.352 e. The highest BCUT2D eigenvalue weighted by Gasteiger charge is 2.30. The molecule has 6 heteroatoms. The molecule has 1 rings (SSSR count). The average Bonchev–Trinajstić information content (AvgIpc) is 2.27.